The minimum absolute atomic E-state index is 0.578. The third kappa shape index (κ3) is 0.770. The highest BCUT2D eigenvalue weighted by atomic mass is 15.6. The zero-order valence-corrected chi connectivity index (χ0v) is 6.32. The maximum atomic E-state index is 4.27. The first-order valence-corrected chi connectivity index (χ1v) is 3.90. The minimum atomic E-state index is 0.578. The van der Waals surface area contributed by atoms with E-state index < -0.39 is 0 Å². The number of fused-ring (bicyclic) bond motifs is 1. The van der Waals surface area contributed by atoms with Gasteiger partial charge in [-0.1, -0.05) is 0 Å². The van der Waals surface area contributed by atoms with E-state index in [-0.39, 0.29) is 0 Å². The first-order chi connectivity index (χ1) is 4.88. The molecule has 1 saturated heterocycles. The molecule has 56 valence electrons. The van der Waals surface area contributed by atoms with Gasteiger partial charge in [-0.15, -0.1) is 0 Å². The van der Waals surface area contributed by atoms with Gasteiger partial charge in [0, 0.05) is 13.6 Å². The summed E-state index contributed by atoms with van der Waals surface area (Å²) in [4.78, 5) is 2.19. The van der Waals surface area contributed by atoms with E-state index in [1.807, 2.05) is 6.34 Å². The Morgan fingerprint density at radius 3 is 3.20 bits per heavy atom. The molecule has 0 amide bonds. The molecule has 0 aromatic rings. The van der Waals surface area contributed by atoms with Crippen molar-refractivity contribution >= 4 is 6.34 Å². The summed E-state index contributed by atoms with van der Waals surface area (Å²) in [6.07, 6.45) is 6.44. The van der Waals surface area contributed by atoms with Crippen LogP contribution in [0.3, 0.4) is 0 Å². The molecule has 10 heavy (non-hydrogen) atoms. The van der Waals surface area contributed by atoms with Crippen LogP contribution in [0, 0.1) is 0 Å². The van der Waals surface area contributed by atoms with Crippen molar-refractivity contribution in [3.05, 3.63) is 0 Å². The Balaban J connectivity index is 2.07. The van der Waals surface area contributed by atoms with Crippen molar-refractivity contribution in [1.29, 1.82) is 0 Å². The van der Waals surface area contributed by atoms with Gasteiger partial charge in [0.15, 0.2) is 0 Å². The molecule has 2 rings (SSSR count). The summed E-state index contributed by atoms with van der Waals surface area (Å²) in [5, 5.41) is 6.46. The Bertz CT molecular complexity index is 155. The van der Waals surface area contributed by atoms with Crippen molar-refractivity contribution in [1.82, 2.24) is 9.91 Å². The molecular weight excluding hydrogens is 126 g/mol. The van der Waals surface area contributed by atoms with E-state index in [1.165, 1.54) is 19.3 Å². The summed E-state index contributed by atoms with van der Waals surface area (Å²) >= 11 is 0. The second-order valence-electron chi connectivity index (χ2n) is 3.04. The predicted octanol–water partition coefficient (Wildman–Crippen LogP) is 0.687. The first kappa shape index (κ1) is 6.01. The summed E-state index contributed by atoms with van der Waals surface area (Å²) in [7, 11) is 2.10. The molecule has 2 aliphatic rings. The van der Waals surface area contributed by atoms with Gasteiger partial charge in [0.2, 0.25) is 0 Å². The molecule has 0 spiro atoms. The highest BCUT2D eigenvalue weighted by Crippen LogP contribution is 2.21. The lowest BCUT2D eigenvalue weighted by Crippen LogP contribution is -2.40. The number of piperidine rings is 1. The Morgan fingerprint density at radius 1 is 1.50 bits per heavy atom. The SMILES string of the molecule is CN1C=NN2CCCCC12. The predicted molar refractivity (Wildman–Crippen MR) is 40.6 cm³/mol. The number of rotatable bonds is 0. The van der Waals surface area contributed by atoms with Gasteiger partial charge in [-0.3, -0.25) is 5.01 Å². The van der Waals surface area contributed by atoms with Gasteiger partial charge >= 0.3 is 0 Å². The van der Waals surface area contributed by atoms with Crippen LogP contribution in [-0.4, -0.2) is 36.0 Å². The fraction of sp³-hybridized carbons (Fsp3) is 0.857. The molecule has 0 aromatic heterocycles. The zero-order valence-electron chi connectivity index (χ0n) is 6.32. The largest absolute Gasteiger partial charge is 0.343 e. The quantitative estimate of drug-likeness (QED) is 0.491. The molecule has 3 nitrogen and oxygen atoms in total. The summed E-state index contributed by atoms with van der Waals surface area (Å²) in [5.74, 6) is 0. The van der Waals surface area contributed by atoms with Gasteiger partial charge in [-0.25, -0.2) is 0 Å². The van der Waals surface area contributed by atoms with Gasteiger partial charge < -0.3 is 4.90 Å². The summed E-state index contributed by atoms with van der Waals surface area (Å²) in [6.45, 7) is 1.14. The Hall–Kier alpha value is -0.730. The molecule has 0 N–H and O–H groups in total. The van der Waals surface area contributed by atoms with Crippen LogP contribution < -0.4 is 0 Å². The molecule has 3 heteroatoms. The molecular formula is C7H13N3. The van der Waals surface area contributed by atoms with Crippen molar-refractivity contribution in [3.63, 3.8) is 0 Å². The second kappa shape index (κ2) is 2.15. The number of hydrogen-bond acceptors (Lipinski definition) is 3. The van der Waals surface area contributed by atoms with Gasteiger partial charge in [-0.2, -0.15) is 5.10 Å². The third-order valence-electron chi connectivity index (χ3n) is 2.30. The molecule has 1 fully saturated rings. The average molecular weight is 139 g/mol. The third-order valence-corrected chi connectivity index (χ3v) is 2.30. The van der Waals surface area contributed by atoms with Crippen LogP contribution in [0.1, 0.15) is 19.3 Å². The van der Waals surface area contributed by atoms with Crippen molar-refractivity contribution in [3.8, 4) is 0 Å². The summed E-state index contributed by atoms with van der Waals surface area (Å²) in [6, 6.07) is 0. The number of hydrazone groups is 1. The molecule has 0 radical (unpaired) electrons. The normalized spacial score (nSPS) is 31.1. The minimum Gasteiger partial charge on any atom is -0.343 e. The Morgan fingerprint density at radius 2 is 2.40 bits per heavy atom. The summed E-state index contributed by atoms with van der Waals surface area (Å²) in [5.41, 5.74) is 0. The van der Waals surface area contributed by atoms with Crippen molar-refractivity contribution < 1.29 is 0 Å². The van der Waals surface area contributed by atoms with E-state index in [1.54, 1.807) is 0 Å². The summed E-state index contributed by atoms with van der Waals surface area (Å²) < 4.78 is 0. The zero-order chi connectivity index (χ0) is 6.97. The number of hydrogen-bond donors (Lipinski definition) is 0. The second-order valence-corrected chi connectivity index (χ2v) is 3.04. The lowest BCUT2D eigenvalue weighted by atomic mass is 10.1. The lowest BCUT2D eigenvalue weighted by Gasteiger charge is -2.31. The van der Waals surface area contributed by atoms with Crippen LogP contribution in [0.4, 0.5) is 0 Å². The molecule has 2 heterocycles. The van der Waals surface area contributed by atoms with Crippen LogP contribution in [0.5, 0.6) is 0 Å². The maximum absolute atomic E-state index is 4.27. The molecule has 2 aliphatic heterocycles. The van der Waals surface area contributed by atoms with Gasteiger partial charge in [-0.05, 0) is 19.3 Å². The Labute approximate surface area is 61.3 Å². The van der Waals surface area contributed by atoms with Gasteiger partial charge in [0.1, 0.15) is 12.5 Å². The van der Waals surface area contributed by atoms with E-state index in [2.05, 4.69) is 22.1 Å². The molecule has 0 aliphatic carbocycles. The fourth-order valence-electron chi connectivity index (χ4n) is 1.67. The van der Waals surface area contributed by atoms with Crippen LogP contribution in [0.15, 0.2) is 5.10 Å². The van der Waals surface area contributed by atoms with E-state index in [4.69, 9.17) is 0 Å². The van der Waals surface area contributed by atoms with Crippen molar-refractivity contribution in [2.24, 2.45) is 5.10 Å². The van der Waals surface area contributed by atoms with Crippen molar-refractivity contribution in [2.75, 3.05) is 13.6 Å². The van der Waals surface area contributed by atoms with Crippen LogP contribution in [0.25, 0.3) is 0 Å². The van der Waals surface area contributed by atoms with Crippen LogP contribution in [-0.2, 0) is 0 Å². The monoisotopic (exact) mass is 139 g/mol. The van der Waals surface area contributed by atoms with Crippen molar-refractivity contribution in [2.45, 2.75) is 25.4 Å². The van der Waals surface area contributed by atoms with Crippen LogP contribution >= 0.6 is 0 Å². The lowest BCUT2D eigenvalue weighted by molar-refractivity contribution is 0.104. The molecule has 0 saturated carbocycles. The highest BCUT2D eigenvalue weighted by molar-refractivity contribution is 5.56. The maximum Gasteiger partial charge on any atom is 0.118 e. The molecule has 0 bridgehead atoms. The van der Waals surface area contributed by atoms with E-state index in [9.17, 15) is 0 Å². The van der Waals surface area contributed by atoms with E-state index in [0.29, 0.717) is 6.17 Å². The topological polar surface area (TPSA) is 18.8 Å². The smallest absolute Gasteiger partial charge is 0.118 e. The first-order valence-electron chi connectivity index (χ1n) is 3.90. The molecule has 0 aromatic carbocycles. The Kier molecular flexibility index (Phi) is 1.29. The average Bonchev–Trinajstić information content (AvgIpc) is 2.34. The van der Waals surface area contributed by atoms with E-state index in [0.717, 1.165) is 6.54 Å². The van der Waals surface area contributed by atoms with Gasteiger partial charge in [0.25, 0.3) is 0 Å². The molecule has 1 unspecified atom stereocenters. The van der Waals surface area contributed by atoms with E-state index >= 15 is 0 Å². The van der Waals surface area contributed by atoms with Gasteiger partial charge in [0.05, 0.1) is 0 Å². The van der Waals surface area contributed by atoms with Crippen LogP contribution in [0.2, 0.25) is 0 Å². The molecule has 1 atom stereocenters. The highest BCUT2D eigenvalue weighted by Gasteiger charge is 2.26. The number of nitrogens with zero attached hydrogens (tertiary/aromatic N) is 3. The fourth-order valence-corrected chi connectivity index (χ4v) is 1.67. The standard InChI is InChI=1S/C7H13N3/c1-9-6-8-10-5-3-2-4-7(9)10/h6-7H,2-5H2,1H3.